The van der Waals surface area contributed by atoms with Crippen LogP contribution in [0.5, 0.6) is 0 Å². The van der Waals surface area contributed by atoms with Gasteiger partial charge in [-0.15, -0.1) is 0 Å². The van der Waals surface area contributed by atoms with Crippen LogP contribution in [0.2, 0.25) is 5.02 Å². The third-order valence-corrected chi connectivity index (χ3v) is 6.05. The third kappa shape index (κ3) is 6.48. The molecule has 2 aromatic rings. The average molecular weight is 428 g/mol. The molecule has 1 heterocycles. The van der Waals surface area contributed by atoms with Crippen molar-refractivity contribution >= 4 is 23.2 Å². The maximum absolute atomic E-state index is 12.3. The van der Waals surface area contributed by atoms with Crippen LogP contribution in [0.15, 0.2) is 36.4 Å². The molecule has 3 N–H and O–H groups in total. The monoisotopic (exact) mass is 427 g/mol. The molecule has 1 amide bonds. The van der Waals surface area contributed by atoms with E-state index in [1.54, 1.807) is 0 Å². The van der Waals surface area contributed by atoms with Crippen molar-refractivity contribution in [3.8, 4) is 0 Å². The highest BCUT2D eigenvalue weighted by molar-refractivity contribution is 6.33. The lowest BCUT2D eigenvalue weighted by atomic mass is 10.0. The van der Waals surface area contributed by atoms with Gasteiger partial charge in [-0.05, 0) is 67.2 Å². The maximum atomic E-state index is 12.3. The topological polar surface area (TPSA) is 53.2 Å². The minimum atomic E-state index is 0.00826. The smallest absolute Gasteiger partial charge is 0.251 e. The molecule has 1 aliphatic heterocycles. The van der Waals surface area contributed by atoms with Crippen LogP contribution in [0.1, 0.15) is 66.1 Å². The van der Waals surface area contributed by atoms with E-state index in [1.807, 2.05) is 30.3 Å². The molecule has 2 aromatic carbocycles. The molecule has 0 aromatic heterocycles. The normalized spacial score (nSPS) is 13.4. The number of benzene rings is 2. The molecule has 4 nitrogen and oxygen atoms in total. The van der Waals surface area contributed by atoms with Crippen molar-refractivity contribution in [2.24, 2.45) is 0 Å². The Hall–Kier alpha value is -2.04. The Bertz CT molecular complexity index is 820. The number of rotatable bonds is 10. The van der Waals surface area contributed by atoms with Crippen molar-refractivity contribution in [3.63, 3.8) is 0 Å². The average Bonchev–Trinajstić information content (AvgIpc) is 3.01. The first-order valence-corrected chi connectivity index (χ1v) is 11.7. The summed E-state index contributed by atoms with van der Waals surface area (Å²) in [6, 6.07) is 12.0. The lowest BCUT2D eigenvalue weighted by molar-refractivity contribution is 0.0953. The van der Waals surface area contributed by atoms with Crippen LogP contribution in [0.25, 0.3) is 0 Å². The van der Waals surface area contributed by atoms with Crippen molar-refractivity contribution < 1.29 is 4.79 Å². The van der Waals surface area contributed by atoms with Crippen LogP contribution in [-0.4, -0.2) is 25.5 Å². The molecule has 0 spiro atoms. The predicted octanol–water partition coefficient (Wildman–Crippen LogP) is 5.34. The predicted molar refractivity (Wildman–Crippen MR) is 127 cm³/mol. The van der Waals surface area contributed by atoms with Gasteiger partial charge in [0.25, 0.3) is 5.91 Å². The van der Waals surface area contributed by atoms with Gasteiger partial charge in [0.2, 0.25) is 0 Å². The number of halogens is 1. The van der Waals surface area contributed by atoms with Crippen LogP contribution in [-0.2, 0) is 19.4 Å². The first-order chi connectivity index (χ1) is 14.7. The molecule has 162 valence electrons. The van der Waals surface area contributed by atoms with Gasteiger partial charge in [0.05, 0.1) is 10.7 Å². The standard InChI is InChI=1S/C25H34ClN3O/c1-2-3-4-5-6-15-28-25(30)21-9-7-19(8-10-21)18-29-24-22-14-17-27-16-13-20(22)11-12-23(24)26/h7-12,27,29H,2-6,13-18H2,1H3,(H,28,30). The Morgan fingerprint density at radius 1 is 1.00 bits per heavy atom. The molecule has 0 saturated heterocycles. The van der Waals surface area contributed by atoms with Gasteiger partial charge < -0.3 is 16.0 Å². The third-order valence-electron chi connectivity index (χ3n) is 5.73. The molecule has 3 rings (SSSR count). The highest BCUT2D eigenvalue weighted by atomic mass is 35.5. The Morgan fingerprint density at radius 2 is 1.77 bits per heavy atom. The van der Waals surface area contributed by atoms with Gasteiger partial charge >= 0.3 is 0 Å². The second kappa shape index (κ2) is 12.0. The second-order valence-corrected chi connectivity index (χ2v) is 8.44. The van der Waals surface area contributed by atoms with Crippen LogP contribution in [0.3, 0.4) is 0 Å². The number of carbonyl (C=O) groups is 1. The molecule has 1 aliphatic rings. The van der Waals surface area contributed by atoms with E-state index >= 15 is 0 Å². The lowest BCUT2D eigenvalue weighted by Crippen LogP contribution is -2.24. The van der Waals surface area contributed by atoms with Gasteiger partial charge in [0, 0.05) is 18.7 Å². The number of hydrogen-bond donors (Lipinski definition) is 3. The number of fused-ring (bicyclic) bond motifs is 1. The number of hydrogen-bond acceptors (Lipinski definition) is 3. The van der Waals surface area contributed by atoms with Gasteiger partial charge in [0.1, 0.15) is 0 Å². The first kappa shape index (κ1) is 22.6. The van der Waals surface area contributed by atoms with Gasteiger partial charge in [-0.25, -0.2) is 0 Å². The summed E-state index contributed by atoms with van der Waals surface area (Å²) >= 11 is 6.50. The van der Waals surface area contributed by atoms with Crippen molar-refractivity contribution in [2.45, 2.75) is 58.4 Å². The Balaban J connectivity index is 1.52. The number of carbonyl (C=O) groups excluding carboxylic acids is 1. The van der Waals surface area contributed by atoms with Crippen molar-refractivity contribution in [1.29, 1.82) is 0 Å². The fourth-order valence-corrected chi connectivity index (χ4v) is 4.18. The lowest BCUT2D eigenvalue weighted by Gasteiger charge is -2.16. The van der Waals surface area contributed by atoms with Crippen LogP contribution in [0, 0.1) is 0 Å². The number of amides is 1. The summed E-state index contributed by atoms with van der Waals surface area (Å²) in [7, 11) is 0. The van der Waals surface area contributed by atoms with E-state index < -0.39 is 0 Å². The number of anilines is 1. The minimum absolute atomic E-state index is 0.00826. The van der Waals surface area contributed by atoms with E-state index in [0.29, 0.717) is 12.1 Å². The molecule has 0 fully saturated rings. The molecular weight excluding hydrogens is 394 g/mol. The SMILES string of the molecule is CCCCCCCNC(=O)c1ccc(CNc2c(Cl)ccc3c2CCNCC3)cc1. The van der Waals surface area contributed by atoms with Crippen molar-refractivity contribution in [1.82, 2.24) is 10.6 Å². The van der Waals surface area contributed by atoms with Crippen LogP contribution in [0.4, 0.5) is 5.69 Å². The summed E-state index contributed by atoms with van der Waals surface area (Å²) in [5.74, 6) is 0.00826. The largest absolute Gasteiger partial charge is 0.380 e. The quantitative estimate of drug-likeness (QED) is 0.448. The molecule has 0 unspecified atom stereocenters. The summed E-state index contributed by atoms with van der Waals surface area (Å²) in [6.07, 6.45) is 8.01. The zero-order valence-corrected chi connectivity index (χ0v) is 18.8. The number of unbranched alkanes of at least 4 members (excludes halogenated alkanes) is 4. The van der Waals surface area contributed by atoms with Gasteiger partial charge in [-0.2, -0.15) is 0 Å². The summed E-state index contributed by atoms with van der Waals surface area (Å²) in [5.41, 5.74) is 5.58. The summed E-state index contributed by atoms with van der Waals surface area (Å²) in [6.45, 7) is 5.63. The van der Waals surface area contributed by atoms with Crippen molar-refractivity contribution in [3.05, 3.63) is 63.7 Å². The molecule has 0 bridgehead atoms. The zero-order chi connectivity index (χ0) is 21.2. The van der Waals surface area contributed by atoms with E-state index in [-0.39, 0.29) is 5.91 Å². The maximum Gasteiger partial charge on any atom is 0.251 e. The van der Waals surface area contributed by atoms with Gasteiger partial charge in [-0.1, -0.05) is 62.4 Å². The fraction of sp³-hybridized carbons (Fsp3) is 0.480. The molecule has 30 heavy (non-hydrogen) atoms. The summed E-state index contributed by atoms with van der Waals surface area (Å²) in [5, 5.41) is 10.8. The Labute approximate surface area is 185 Å². The molecule has 0 aliphatic carbocycles. The van der Waals surface area contributed by atoms with E-state index in [4.69, 9.17) is 11.6 Å². The molecule has 0 atom stereocenters. The van der Waals surface area contributed by atoms with Crippen LogP contribution >= 0.6 is 11.6 Å². The summed E-state index contributed by atoms with van der Waals surface area (Å²) < 4.78 is 0. The van der Waals surface area contributed by atoms with Gasteiger partial charge in [-0.3, -0.25) is 4.79 Å². The van der Waals surface area contributed by atoms with Crippen molar-refractivity contribution in [2.75, 3.05) is 25.0 Å². The van der Waals surface area contributed by atoms with E-state index in [2.05, 4.69) is 28.9 Å². The molecule has 5 heteroatoms. The Morgan fingerprint density at radius 3 is 2.57 bits per heavy atom. The Kier molecular flexibility index (Phi) is 9.03. The highest BCUT2D eigenvalue weighted by Gasteiger charge is 2.14. The molecule has 0 radical (unpaired) electrons. The van der Waals surface area contributed by atoms with Crippen LogP contribution < -0.4 is 16.0 Å². The van der Waals surface area contributed by atoms with Gasteiger partial charge in [0.15, 0.2) is 0 Å². The number of nitrogens with one attached hydrogen (secondary N) is 3. The second-order valence-electron chi connectivity index (χ2n) is 8.03. The summed E-state index contributed by atoms with van der Waals surface area (Å²) in [4.78, 5) is 12.3. The molecular formula is C25H34ClN3O. The fourth-order valence-electron chi connectivity index (χ4n) is 3.93. The molecule has 0 saturated carbocycles. The first-order valence-electron chi connectivity index (χ1n) is 11.3. The zero-order valence-electron chi connectivity index (χ0n) is 18.0. The van der Waals surface area contributed by atoms with E-state index in [0.717, 1.165) is 55.2 Å². The highest BCUT2D eigenvalue weighted by Crippen LogP contribution is 2.31. The van der Waals surface area contributed by atoms with E-state index in [1.165, 1.54) is 36.8 Å². The minimum Gasteiger partial charge on any atom is -0.380 e. The van der Waals surface area contributed by atoms with E-state index in [9.17, 15) is 4.79 Å².